The van der Waals surface area contributed by atoms with Crippen LogP contribution in [0.3, 0.4) is 0 Å². The first-order chi connectivity index (χ1) is 12.1. The number of aliphatic hydroxyl groups excluding tert-OH is 2. The molecule has 1 aliphatic heterocycles. The molecule has 27 heavy (non-hydrogen) atoms. The Labute approximate surface area is 169 Å². The fourth-order valence-corrected chi connectivity index (χ4v) is 3.57. The molecular weight excluding hydrogens is 376 g/mol. The first-order valence-electron chi connectivity index (χ1n) is 9.89. The first-order valence-corrected chi connectivity index (χ1v) is 15.7. The zero-order valence-electron chi connectivity index (χ0n) is 19.3. The van der Waals surface area contributed by atoms with Gasteiger partial charge in [-0.3, -0.25) is 0 Å². The summed E-state index contributed by atoms with van der Waals surface area (Å²) in [5, 5.41) is 17.8. The van der Waals surface area contributed by atoms with Crippen LogP contribution in [0, 0.1) is 0 Å². The predicted molar refractivity (Wildman–Crippen MR) is 118 cm³/mol. The highest BCUT2D eigenvalue weighted by Crippen LogP contribution is 2.38. The van der Waals surface area contributed by atoms with E-state index in [1.54, 1.807) is 6.08 Å². The Morgan fingerprint density at radius 1 is 0.815 bits per heavy atom. The number of rotatable bonds is 8. The van der Waals surface area contributed by atoms with Crippen LogP contribution in [0.4, 0.5) is 0 Å². The van der Waals surface area contributed by atoms with E-state index in [2.05, 4.69) is 67.7 Å². The zero-order chi connectivity index (χ0) is 21.5. The van der Waals surface area contributed by atoms with E-state index in [9.17, 15) is 0 Å². The smallest absolute Gasteiger partial charge is 0.192 e. The van der Waals surface area contributed by atoms with Gasteiger partial charge in [-0.2, -0.15) is 0 Å². The maximum atomic E-state index is 8.80. The van der Waals surface area contributed by atoms with Gasteiger partial charge < -0.3 is 23.8 Å². The Morgan fingerprint density at radius 3 is 1.67 bits per heavy atom. The molecule has 5 nitrogen and oxygen atoms in total. The van der Waals surface area contributed by atoms with Gasteiger partial charge in [0.25, 0.3) is 0 Å². The fourth-order valence-electron chi connectivity index (χ4n) is 1.61. The second kappa shape index (κ2) is 10.7. The molecular formula is C20H44O5Si2. The van der Waals surface area contributed by atoms with Gasteiger partial charge in [0.2, 0.25) is 0 Å². The van der Waals surface area contributed by atoms with Crippen molar-refractivity contribution in [3.05, 3.63) is 12.2 Å². The zero-order valence-corrected chi connectivity index (χ0v) is 21.3. The average molecular weight is 421 g/mol. The summed E-state index contributed by atoms with van der Waals surface area (Å²) in [6, 6.07) is 0. The van der Waals surface area contributed by atoms with Crippen molar-refractivity contribution in [1.82, 2.24) is 0 Å². The van der Waals surface area contributed by atoms with Crippen LogP contribution in [0.25, 0.3) is 0 Å². The molecule has 0 saturated carbocycles. The van der Waals surface area contributed by atoms with Crippen LogP contribution < -0.4 is 0 Å². The van der Waals surface area contributed by atoms with Gasteiger partial charge in [-0.1, -0.05) is 53.7 Å². The van der Waals surface area contributed by atoms with Crippen molar-refractivity contribution in [3.8, 4) is 0 Å². The second-order valence-electron chi connectivity index (χ2n) is 10.2. The van der Waals surface area contributed by atoms with E-state index in [-0.39, 0.29) is 35.5 Å². The lowest BCUT2D eigenvalue weighted by atomic mass is 10.2. The van der Waals surface area contributed by atoms with Gasteiger partial charge >= 0.3 is 0 Å². The van der Waals surface area contributed by atoms with E-state index in [4.69, 9.17) is 23.8 Å². The van der Waals surface area contributed by atoms with Crippen molar-refractivity contribution in [2.45, 2.75) is 90.0 Å². The Bertz CT molecular complexity index is 450. The summed E-state index contributed by atoms with van der Waals surface area (Å²) in [6.07, 6.45) is 3.75. The third kappa shape index (κ3) is 9.83. The molecule has 0 radical (unpaired) electrons. The molecule has 162 valence electrons. The Morgan fingerprint density at radius 2 is 1.30 bits per heavy atom. The molecule has 0 unspecified atom stereocenters. The van der Waals surface area contributed by atoms with Crippen LogP contribution in [0.2, 0.25) is 36.3 Å². The maximum absolute atomic E-state index is 8.80. The van der Waals surface area contributed by atoms with Gasteiger partial charge in [0.1, 0.15) is 12.2 Å². The lowest BCUT2D eigenvalue weighted by Gasteiger charge is -2.35. The summed E-state index contributed by atoms with van der Waals surface area (Å²) in [4.78, 5) is 0. The Kier molecular flexibility index (Phi) is 10.7. The van der Waals surface area contributed by atoms with Crippen LogP contribution >= 0.6 is 0 Å². The normalized spacial score (nSPS) is 21.2. The van der Waals surface area contributed by atoms with Crippen LogP contribution in [-0.4, -0.2) is 65.5 Å². The number of aliphatic hydroxyl groups is 2. The molecule has 0 aromatic carbocycles. The largest absolute Gasteiger partial charge is 0.414 e. The topological polar surface area (TPSA) is 71.5 Å². The number of epoxide rings is 1. The summed E-state index contributed by atoms with van der Waals surface area (Å²) in [6.45, 7) is 23.7. The van der Waals surface area contributed by atoms with Crippen molar-refractivity contribution in [2.75, 3.05) is 26.4 Å². The van der Waals surface area contributed by atoms with Crippen molar-refractivity contribution in [1.29, 1.82) is 0 Å². The molecule has 0 bridgehead atoms. The van der Waals surface area contributed by atoms with Crippen LogP contribution in [0.15, 0.2) is 12.2 Å². The van der Waals surface area contributed by atoms with E-state index in [1.807, 2.05) is 6.08 Å². The molecule has 2 atom stereocenters. The minimum atomic E-state index is -1.63. The molecule has 1 heterocycles. The van der Waals surface area contributed by atoms with E-state index < -0.39 is 16.6 Å². The quantitative estimate of drug-likeness (QED) is 0.347. The molecule has 0 amide bonds. The molecule has 0 aliphatic carbocycles. The second-order valence-corrected chi connectivity index (χ2v) is 19.8. The minimum absolute atomic E-state index is 0.0276. The minimum Gasteiger partial charge on any atom is -0.414 e. The molecule has 1 rings (SSSR count). The molecule has 1 aliphatic rings. The van der Waals surface area contributed by atoms with Crippen LogP contribution in [-0.2, 0) is 13.6 Å². The van der Waals surface area contributed by atoms with Crippen molar-refractivity contribution in [2.24, 2.45) is 0 Å². The van der Waals surface area contributed by atoms with Gasteiger partial charge in [0.15, 0.2) is 16.6 Å². The molecule has 0 spiro atoms. The highest BCUT2D eigenvalue weighted by Gasteiger charge is 2.43. The number of ether oxygens (including phenoxy) is 1. The third-order valence-electron chi connectivity index (χ3n) is 5.90. The lowest BCUT2D eigenvalue weighted by Crippen LogP contribution is -2.41. The number of hydrogen-bond acceptors (Lipinski definition) is 5. The summed E-state index contributed by atoms with van der Waals surface area (Å²) in [7, 11) is -3.22. The van der Waals surface area contributed by atoms with Crippen molar-refractivity contribution in [3.63, 3.8) is 0 Å². The lowest BCUT2D eigenvalue weighted by molar-refractivity contribution is 0.227. The van der Waals surface area contributed by atoms with Crippen LogP contribution in [0.1, 0.15) is 41.5 Å². The summed E-state index contributed by atoms with van der Waals surface area (Å²) >= 11 is 0. The molecule has 2 N–H and O–H groups in total. The summed E-state index contributed by atoms with van der Waals surface area (Å²) in [5.74, 6) is 0. The average Bonchev–Trinajstić information content (AvgIpc) is 3.27. The SMILES string of the molecule is CC(C)(C)[Si](C)(C)OC/C=C\CO.CC(C)(C)[Si](C)(C)OC[C@H]1O[C@H]1CO. The summed E-state index contributed by atoms with van der Waals surface area (Å²) < 4.78 is 17.0. The van der Waals surface area contributed by atoms with Gasteiger partial charge in [-0.15, -0.1) is 0 Å². The monoisotopic (exact) mass is 420 g/mol. The van der Waals surface area contributed by atoms with Gasteiger partial charge in [0, 0.05) is 0 Å². The van der Waals surface area contributed by atoms with Crippen molar-refractivity contribution < 1.29 is 23.8 Å². The summed E-state index contributed by atoms with van der Waals surface area (Å²) in [5.41, 5.74) is 0. The standard InChI is InChI=1S/C10H22O3Si.C10H22O2Si/c1-10(2,3)14(4,5)12-7-9-8(6-11)13-9;1-10(2,3)13(4,5)12-9-7-6-8-11/h8-9,11H,6-7H2,1-5H3;6-7,11H,8-9H2,1-5H3/b;7-6-/t8-,9+;/m0./s1. The van der Waals surface area contributed by atoms with Gasteiger partial charge in [-0.05, 0) is 36.3 Å². The maximum Gasteiger partial charge on any atom is 0.192 e. The van der Waals surface area contributed by atoms with E-state index in [0.29, 0.717) is 13.2 Å². The number of hydrogen-bond donors (Lipinski definition) is 2. The Balaban J connectivity index is 0.000000503. The van der Waals surface area contributed by atoms with Crippen molar-refractivity contribution >= 4 is 16.6 Å². The van der Waals surface area contributed by atoms with E-state index in [1.165, 1.54) is 0 Å². The molecule has 1 fully saturated rings. The highest BCUT2D eigenvalue weighted by molar-refractivity contribution is 6.74. The van der Waals surface area contributed by atoms with E-state index >= 15 is 0 Å². The van der Waals surface area contributed by atoms with E-state index in [0.717, 1.165) is 0 Å². The van der Waals surface area contributed by atoms with Gasteiger partial charge in [-0.25, -0.2) is 0 Å². The molecule has 0 aromatic rings. The van der Waals surface area contributed by atoms with Crippen LogP contribution in [0.5, 0.6) is 0 Å². The molecule has 1 saturated heterocycles. The fraction of sp³-hybridized carbons (Fsp3) is 0.900. The predicted octanol–water partition coefficient (Wildman–Crippen LogP) is 4.32. The first kappa shape index (κ1) is 27.0. The molecule has 0 aromatic heterocycles. The highest BCUT2D eigenvalue weighted by atomic mass is 28.4. The third-order valence-corrected chi connectivity index (χ3v) is 14.9. The molecule has 7 heteroatoms. The Hall–Kier alpha value is -0.0262. The van der Waals surface area contributed by atoms with Gasteiger partial charge in [0.05, 0.1) is 26.4 Å².